The van der Waals surface area contributed by atoms with E-state index >= 15 is 0 Å². The minimum Gasteiger partial charge on any atom is -0.315 e. The normalized spacial score (nSPS) is 11.3. The minimum absolute atomic E-state index is 0.0387. The van der Waals surface area contributed by atoms with Gasteiger partial charge in [-0.25, -0.2) is 4.98 Å². The average molecular weight is 406 g/mol. The molecule has 0 atom stereocenters. The lowest BCUT2D eigenvalue weighted by atomic mass is 10.1. The van der Waals surface area contributed by atoms with Crippen molar-refractivity contribution in [2.75, 3.05) is 0 Å². The van der Waals surface area contributed by atoms with Gasteiger partial charge >= 0.3 is 0 Å². The van der Waals surface area contributed by atoms with Crippen molar-refractivity contribution >= 4 is 17.4 Å². The number of aromatic nitrogens is 3. The van der Waals surface area contributed by atoms with Crippen LogP contribution in [0.15, 0.2) is 65.6 Å². The van der Waals surface area contributed by atoms with Crippen molar-refractivity contribution in [1.82, 2.24) is 14.0 Å². The first kappa shape index (κ1) is 19.5. The van der Waals surface area contributed by atoms with Crippen LogP contribution in [0, 0.1) is 6.92 Å². The number of hydrogen-bond donors (Lipinski definition) is 0. The Morgan fingerprint density at radius 2 is 1.69 bits per heavy atom. The molecule has 4 rings (SSSR count). The zero-order chi connectivity index (χ0) is 20.4. The van der Waals surface area contributed by atoms with Crippen LogP contribution in [0.1, 0.15) is 31.9 Å². The summed E-state index contributed by atoms with van der Waals surface area (Å²) in [7, 11) is 0. The molecule has 2 aromatic carbocycles. The lowest BCUT2D eigenvalue weighted by molar-refractivity contribution is 0.591. The van der Waals surface area contributed by atoms with Crippen LogP contribution < -0.4 is 5.56 Å². The summed E-state index contributed by atoms with van der Waals surface area (Å²) < 4.78 is 3.87. The summed E-state index contributed by atoms with van der Waals surface area (Å²) in [5.41, 5.74) is 4.29. The molecule has 2 aromatic heterocycles. The topological polar surface area (TPSA) is 39.3 Å². The summed E-state index contributed by atoms with van der Waals surface area (Å²) in [6.45, 7) is 5.05. The average Bonchev–Trinajstić information content (AvgIpc) is 3.17. The van der Waals surface area contributed by atoms with E-state index in [1.807, 2.05) is 67.7 Å². The highest BCUT2D eigenvalue weighted by atomic mass is 35.5. The number of nitrogens with zero attached hydrogens (tertiary/aromatic N) is 3. The van der Waals surface area contributed by atoms with Crippen molar-refractivity contribution in [2.45, 2.75) is 39.7 Å². The molecule has 0 spiro atoms. The van der Waals surface area contributed by atoms with E-state index in [1.54, 1.807) is 4.40 Å². The van der Waals surface area contributed by atoms with Crippen molar-refractivity contribution < 1.29 is 0 Å². The molecular weight excluding hydrogens is 382 g/mol. The van der Waals surface area contributed by atoms with E-state index in [9.17, 15) is 4.79 Å². The Labute approximate surface area is 175 Å². The first-order valence-electron chi connectivity index (χ1n) is 10.0. The van der Waals surface area contributed by atoms with Gasteiger partial charge in [0.15, 0.2) is 0 Å². The van der Waals surface area contributed by atoms with Crippen LogP contribution in [0.5, 0.6) is 0 Å². The number of unbranched alkanes of at least 4 members (excludes halogenated alkanes) is 2. The van der Waals surface area contributed by atoms with Crippen molar-refractivity contribution in [3.63, 3.8) is 0 Å². The highest BCUT2D eigenvalue weighted by Crippen LogP contribution is 2.25. The van der Waals surface area contributed by atoms with Crippen LogP contribution in [-0.4, -0.2) is 14.0 Å². The van der Waals surface area contributed by atoms with Crippen molar-refractivity contribution in [3.8, 4) is 22.4 Å². The lowest BCUT2D eigenvalue weighted by Crippen LogP contribution is -2.22. The number of hydrogen-bond acceptors (Lipinski definition) is 2. The molecule has 29 heavy (non-hydrogen) atoms. The van der Waals surface area contributed by atoms with Gasteiger partial charge in [0.2, 0.25) is 5.78 Å². The first-order chi connectivity index (χ1) is 14.1. The number of benzene rings is 2. The van der Waals surface area contributed by atoms with Crippen molar-refractivity contribution in [2.24, 2.45) is 0 Å². The Balaban J connectivity index is 1.95. The third-order valence-corrected chi connectivity index (χ3v) is 5.57. The third kappa shape index (κ3) is 3.73. The fourth-order valence-electron chi connectivity index (χ4n) is 3.76. The number of aryl methyl sites for hydroxylation is 1. The molecule has 0 saturated carbocycles. The molecule has 5 heteroatoms. The van der Waals surface area contributed by atoms with Gasteiger partial charge in [-0.15, -0.1) is 0 Å². The number of halogens is 1. The highest BCUT2D eigenvalue weighted by Gasteiger charge is 2.18. The lowest BCUT2D eigenvalue weighted by Gasteiger charge is -2.16. The predicted octanol–water partition coefficient (Wildman–Crippen LogP) is 5.98. The second-order valence-corrected chi connectivity index (χ2v) is 7.73. The second-order valence-electron chi connectivity index (χ2n) is 7.29. The summed E-state index contributed by atoms with van der Waals surface area (Å²) >= 11 is 6.03. The molecule has 0 bridgehead atoms. The number of rotatable bonds is 6. The molecule has 0 aliphatic carbocycles. The molecule has 0 radical (unpaired) electrons. The zero-order valence-electron chi connectivity index (χ0n) is 16.7. The Morgan fingerprint density at radius 3 is 2.38 bits per heavy atom. The third-order valence-electron chi connectivity index (χ3n) is 5.32. The molecule has 0 fully saturated rings. The molecule has 0 N–H and O–H groups in total. The van der Waals surface area contributed by atoms with Crippen LogP contribution >= 0.6 is 11.6 Å². The van der Waals surface area contributed by atoms with Crippen LogP contribution in [-0.2, 0) is 6.54 Å². The molecule has 0 amide bonds. The molecule has 4 nitrogen and oxygen atoms in total. The summed E-state index contributed by atoms with van der Waals surface area (Å²) in [6, 6.07) is 17.4. The Morgan fingerprint density at radius 1 is 0.966 bits per heavy atom. The van der Waals surface area contributed by atoms with Gasteiger partial charge in [0.25, 0.3) is 5.56 Å². The SMILES string of the molecule is CCCCCn1c(C)c(-c2ccccc2)c(=O)n2cc(-c3ccc(Cl)cc3)nc12. The summed E-state index contributed by atoms with van der Waals surface area (Å²) in [4.78, 5) is 18.2. The van der Waals surface area contributed by atoms with Gasteiger partial charge in [0, 0.05) is 29.0 Å². The molecule has 0 unspecified atom stereocenters. The van der Waals surface area contributed by atoms with Gasteiger partial charge in [-0.2, -0.15) is 0 Å². The Bertz CT molecular complexity index is 1190. The van der Waals surface area contributed by atoms with E-state index in [-0.39, 0.29) is 5.56 Å². The van der Waals surface area contributed by atoms with Crippen LogP contribution in [0.25, 0.3) is 28.2 Å². The summed E-state index contributed by atoms with van der Waals surface area (Å²) in [5, 5.41) is 0.680. The van der Waals surface area contributed by atoms with E-state index < -0.39 is 0 Å². The molecule has 2 heterocycles. The maximum absolute atomic E-state index is 13.4. The number of fused-ring (bicyclic) bond motifs is 1. The molecular formula is C24H24ClN3O. The molecule has 148 valence electrons. The Hall–Kier alpha value is -2.85. The van der Waals surface area contributed by atoms with E-state index in [4.69, 9.17) is 16.6 Å². The fourth-order valence-corrected chi connectivity index (χ4v) is 3.88. The summed E-state index contributed by atoms with van der Waals surface area (Å²) in [6.07, 6.45) is 5.17. The van der Waals surface area contributed by atoms with E-state index in [0.29, 0.717) is 10.8 Å². The standard InChI is InChI=1S/C24H24ClN3O/c1-3-4-8-15-27-17(2)22(19-9-6-5-7-10-19)23(29)28-16-21(26-24(27)28)18-11-13-20(25)14-12-18/h5-7,9-14,16H,3-4,8,15H2,1-2H3. The van der Waals surface area contributed by atoms with Crippen LogP contribution in [0.2, 0.25) is 5.02 Å². The monoisotopic (exact) mass is 405 g/mol. The number of imidazole rings is 1. The van der Waals surface area contributed by atoms with Crippen LogP contribution in [0.4, 0.5) is 0 Å². The largest absolute Gasteiger partial charge is 0.315 e. The maximum atomic E-state index is 13.4. The van der Waals surface area contributed by atoms with E-state index in [0.717, 1.165) is 53.9 Å². The smallest absolute Gasteiger partial charge is 0.267 e. The van der Waals surface area contributed by atoms with Crippen molar-refractivity contribution in [3.05, 3.63) is 81.9 Å². The van der Waals surface area contributed by atoms with Gasteiger partial charge in [-0.3, -0.25) is 9.20 Å². The summed E-state index contributed by atoms with van der Waals surface area (Å²) in [5.74, 6) is 0.688. The van der Waals surface area contributed by atoms with Gasteiger partial charge in [0.1, 0.15) is 0 Å². The molecule has 4 aromatic rings. The molecule has 0 aliphatic heterocycles. The highest BCUT2D eigenvalue weighted by molar-refractivity contribution is 6.30. The van der Waals surface area contributed by atoms with Gasteiger partial charge in [-0.05, 0) is 31.0 Å². The van der Waals surface area contributed by atoms with Crippen LogP contribution in [0.3, 0.4) is 0 Å². The van der Waals surface area contributed by atoms with Gasteiger partial charge in [0.05, 0.1) is 11.3 Å². The molecule has 0 aliphatic rings. The first-order valence-corrected chi connectivity index (χ1v) is 10.4. The van der Waals surface area contributed by atoms with Gasteiger partial charge in [-0.1, -0.05) is 73.8 Å². The molecule has 0 saturated heterocycles. The predicted molar refractivity (Wildman–Crippen MR) is 120 cm³/mol. The Kier molecular flexibility index (Phi) is 5.54. The van der Waals surface area contributed by atoms with E-state index in [1.165, 1.54) is 0 Å². The minimum atomic E-state index is -0.0387. The quantitative estimate of drug-likeness (QED) is 0.370. The maximum Gasteiger partial charge on any atom is 0.267 e. The van der Waals surface area contributed by atoms with E-state index in [2.05, 4.69) is 11.5 Å². The van der Waals surface area contributed by atoms with Gasteiger partial charge < -0.3 is 4.57 Å². The fraction of sp³-hybridized carbons (Fsp3) is 0.250. The zero-order valence-corrected chi connectivity index (χ0v) is 17.5. The second kappa shape index (κ2) is 8.26. The van der Waals surface area contributed by atoms with Crippen molar-refractivity contribution in [1.29, 1.82) is 0 Å².